The lowest BCUT2D eigenvalue weighted by Gasteiger charge is -2.24. The van der Waals surface area contributed by atoms with Crippen LogP contribution < -0.4 is 15.8 Å². The normalized spacial score (nSPS) is 26.5. The molecule has 116 valence electrons. The summed E-state index contributed by atoms with van der Waals surface area (Å²) in [5.41, 5.74) is 6.23. The molecule has 21 heavy (non-hydrogen) atoms. The van der Waals surface area contributed by atoms with Crippen molar-refractivity contribution in [1.29, 1.82) is 0 Å². The lowest BCUT2D eigenvalue weighted by atomic mass is 9.97. The van der Waals surface area contributed by atoms with E-state index in [1.54, 1.807) is 7.05 Å². The fourth-order valence-corrected chi connectivity index (χ4v) is 2.98. The van der Waals surface area contributed by atoms with Crippen LogP contribution in [0.2, 0.25) is 0 Å². The van der Waals surface area contributed by atoms with E-state index < -0.39 is 5.54 Å². The van der Waals surface area contributed by atoms with Crippen LogP contribution in [0.25, 0.3) is 0 Å². The number of likely N-dealkylation sites (N-methyl/N-ethyl adjacent to an activating group) is 1. The smallest absolute Gasteiger partial charge is 0.237 e. The highest BCUT2D eigenvalue weighted by molar-refractivity contribution is 5.85. The zero-order valence-electron chi connectivity index (χ0n) is 13.2. The van der Waals surface area contributed by atoms with E-state index in [9.17, 15) is 4.79 Å². The number of primary amides is 1. The number of ether oxygens (including phenoxy) is 1. The zero-order valence-corrected chi connectivity index (χ0v) is 13.2. The van der Waals surface area contributed by atoms with E-state index in [1.165, 1.54) is 5.56 Å². The minimum Gasteiger partial charge on any atom is -0.490 e. The first-order valence-electron chi connectivity index (χ1n) is 7.76. The Morgan fingerprint density at radius 2 is 2.14 bits per heavy atom. The van der Waals surface area contributed by atoms with Crippen molar-refractivity contribution in [3.8, 4) is 5.75 Å². The van der Waals surface area contributed by atoms with Gasteiger partial charge in [0.1, 0.15) is 17.4 Å². The molecule has 0 aromatic heterocycles. The number of carbonyl (C=O) groups excluding carboxylic acids is 1. The largest absolute Gasteiger partial charge is 0.490 e. The molecule has 0 radical (unpaired) electrons. The summed E-state index contributed by atoms with van der Waals surface area (Å²) in [5, 5.41) is 3.07. The van der Waals surface area contributed by atoms with Crippen molar-refractivity contribution < 1.29 is 9.53 Å². The Bertz CT molecular complexity index is 486. The minimum atomic E-state index is -0.610. The van der Waals surface area contributed by atoms with Crippen LogP contribution in [0.4, 0.5) is 0 Å². The number of nitrogens with one attached hydrogen (secondary N) is 1. The fourth-order valence-electron chi connectivity index (χ4n) is 2.98. The molecule has 4 nitrogen and oxygen atoms in total. The van der Waals surface area contributed by atoms with Gasteiger partial charge in [-0.3, -0.25) is 4.79 Å². The molecule has 1 saturated carbocycles. The molecule has 0 bridgehead atoms. The molecule has 1 fully saturated rings. The Hall–Kier alpha value is -1.55. The van der Waals surface area contributed by atoms with Crippen LogP contribution in [0.3, 0.4) is 0 Å². The van der Waals surface area contributed by atoms with Gasteiger partial charge in [0.15, 0.2) is 0 Å². The summed E-state index contributed by atoms with van der Waals surface area (Å²) in [5.74, 6) is 1.14. The maximum atomic E-state index is 11.6. The topological polar surface area (TPSA) is 64.3 Å². The van der Waals surface area contributed by atoms with Crippen molar-refractivity contribution in [3.63, 3.8) is 0 Å². The van der Waals surface area contributed by atoms with Gasteiger partial charge >= 0.3 is 0 Å². The standard InChI is InChI=1S/C17H26N2O2/c1-4-12(2)13-5-7-14(8-6-13)21-15-9-10-17(11-15,19-3)16(18)20/h5-8,12,15,19H,4,9-11H2,1-3H3,(H2,18,20). The van der Waals surface area contributed by atoms with Crippen molar-refractivity contribution in [2.75, 3.05) is 7.05 Å². The molecular weight excluding hydrogens is 264 g/mol. The lowest BCUT2D eigenvalue weighted by Crippen LogP contribution is -2.52. The van der Waals surface area contributed by atoms with Crippen LogP contribution in [-0.2, 0) is 4.79 Å². The van der Waals surface area contributed by atoms with Crippen molar-refractivity contribution in [2.24, 2.45) is 5.73 Å². The first kappa shape index (κ1) is 15.8. The van der Waals surface area contributed by atoms with Gasteiger partial charge in [0.25, 0.3) is 0 Å². The van der Waals surface area contributed by atoms with E-state index in [1.807, 2.05) is 12.1 Å². The van der Waals surface area contributed by atoms with Gasteiger partial charge in [-0.15, -0.1) is 0 Å². The average molecular weight is 290 g/mol. The SMILES string of the molecule is CCC(C)c1ccc(OC2CCC(NC)(C(N)=O)C2)cc1. The molecule has 0 heterocycles. The van der Waals surface area contributed by atoms with Crippen molar-refractivity contribution in [1.82, 2.24) is 5.32 Å². The highest BCUT2D eigenvalue weighted by atomic mass is 16.5. The molecule has 1 aliphatic carbocycles. The molecule has 3 atom stereocenters. The zero-order chi connectivity index (χ0) is 15.5. The Balaban J connectivity index is 1.99. The van der Waals surface area contributed by atoms with Crippen molar-refractivity contribution >= 4 is 5.91 Å². The number of benzene rings is 1. The molecule has 2 rings (SSSR count). The number of carbonyl (C=O) groups is 1. The van der Waals surface area contributed by atoms with Gasteiger partial charge in [0.2, 0.25) is 5.91 Å². The number of rotatable bonds is 6. The van der Waals surface area contributed by atoms with Gasteiger partial charge in [0, 0.05) is 6.42 Å². The van der Waals surface area contributed by atoms with E-state index >= 15 is 0 Å². The second-order valence-electron chi connectivity index (χ2n) is 6.06. The summed E-state index contributed by atoms with van der Waals surface area (Å²) in [4.78, 5) is 11.6. The van der Waals surface area contributed by atoms with Gasteiger partial charge in [-0.1, -0.05) is 26.0 Å². The van der Waals surface area contributed by atoms with E-state index in [0.29, 0.717) is 12.3 Å². The highest BCUT2D eigenvalue weighted by Crippen LogP contribution is 2.33. The molecule has 4 heteroatoms. The molecule has 1 amide bonds. The summed E-state index contributed by atoms with van der Waals surface area (Å²) in [6.45, 7) is 4.41. The second-order valence-corrected chi connectivity index (χ2v) is 6.06. The monoisotopic (exact) mass is 290 g/mol. The van der Waals surface area contributed by atoms with Crippen LogP contribution in [0.1, 0.15) is 51.0 Å². The van der Waals surface area contributed by atoms with E-state index in [-0.39, 0.29) is 12.0 Å². The third kappa shape index (κ3) is 3.38. The van der Waals surface area contributed by atoms with Crippen LogP contribution in [0.5, 0.6) is 5.75 Å². The summed E-state index contributed by atoms with van der Waals surface area (Å²) in [7, 11) is 1.79. The molecule has 3 unspecified atom stereocenters. The average Bonchev–Trinajstić information content (AvgIpc) is 2.92. The predicted octanol–water partition coefficient (Wildman–Crippen LogP) is 2.57. The highest BCUT2D eigenvalue weighted by Gasteiger charge is 2.43. The third-order valence-electron chi connectivity index (χ3n) is 4.78. The first-order valence-corrected chi connectivity index (χ1v) is 7.76. The van der Waals surface area contributed by atoms with Crippen LogP contribution in [0.15, 0.2) is 24.3 Å². The lowest BCUT2D eigenvalue weighted by molar-refractivity contribution is -0.124. The summed E-state index contributed by atoms with van der Waals surface area (Å²) < 4.78 is 6.00. The van der Waals surface area contributed by atoms with Crippen molar-refractivity contribution in [2.45, 2.75) is 57.1 Å². The molecule has 3 N–H and O–H groups in total. The quantitative estimate of drug-likeness (QED) is 0.846. The van der Waals surface area contributed by atoms with E-state index in [4.69, 9.17) is 10.5 Å². The van der Waals surface area contributed by atoms with E-state index in [0.717, 1.165) is 25.0 Å². The molecule has 0 aliphatic heterocycles. The minimum absolute atomic E-state index is 0.0411. The number of hydrogen-bond donors (Lipinski definition) is 2. The molecule has 1 aromatic carbocycles. The van der Waals surface area contributed by atoms with Gasteiger partial charge < -0.3 is 15.8 Å². The molecule has 1 aromatic rings. The molecule has 0 saturated heterocycles. The first-order chi connectivity index (χ1) is 10.0. The van der Waals surface area contributed by atoms with Gasteiger partial charge in [-0.05, 0) is 49.9 Å². The Morgan fingerprint density at radius 1 is 1.48 bits per heavy atom. The number of amides is 1. The summed E-state index contributed by atoms with van der Waals surface area (Å²) in [6, 6.07) is 8.28. The van der Waals surface area contributed by atoms with Crippen molar-refractivity contribution in [3.05, 3.63) is 29.8 Å². The predicted molar refractivity (Wildman–Crippen MR) is 84.4 cm³/mol. The Kier molecular flexibility index (Phi) is 4.88. The van der Waals surface area contributed by atoms with Gasteiger partial charge in [-0.2, -0.15) is 0 Å². The summed E-state index contributed by atoms with van der Waals surface area (Å²) in [6.07, 6.45) is 3.38. The number of hydrogen-bond acceptors (Lipinski definition) is 3. The van der Waals surface area contributed by atoms with Crippen LogP contribution in [0, 0.1) is 0 Å². The molecule has 1 aliphatic rings. The molecule has 0 spiro atoms. The van der Waals surface area contributed by atoms with Gasteiger partial charge in [0.05, 0.1) is 0 Å². The Morgan fingerprint density at radius 3 is 2.62 bits per heavy atom. The van der Waals surface area contributed by atoms with Crippen LogP contribution >= 0.6 is 0 Å². The third-order valence-corrected chi connectivity index (χ3v) is 4.78. The molecular formula is C17H26N2O2. The summed E-state index contributed by atoms with van der Waals surface area (Å²) >= 11 is 0. The maximum Gasteiger partial charge on any atom is 0.237 e. The maximum absolute atomic E-state index is 11.6. The Labute approximate surface area is 127 Å². The van der Waals surface area contributed by atoms with Gasteiger partial charge in [-0.25, -0.2) is 0 Å². The second kappa shape index (κ2) is 6.48. The van der Waals surface area contributed by atoms with E-state index in [2.05, 4.69) is 31.3 Å². The fraction of sp³-hybridized carbons (Fsp3) is 0.588. The van der Waals surface area contributed by atoms with Crippen LogP contribution in [-0.4, -0.2) is 24.6 Å². The number of nitrogens with two attached hydrogens (primary N) is 1.